The molecule has 0 bridgehead atoms. The Bertz CT molecular complexity index is 611. The van der Waals surface area contributed by atoms with E-state index in [4.69, 9.17) is 5.11 Å². The Labute approximate surface area is 133 Å². The SMILES string of the molecule is CC(C)(C)N(CCNS(=O)(=O)c1ccccc1Br)C(=O)O. The van der Waals surface area contributed by atoms with E-state index in [1.54, 1.807) is 39.0 Å². The molecule has 8 heteroatoms. The molecule has 0 heterocycles. The molecule has 0 aliphatic carbocycles. The molecular formula is C13H19BrN2O4S. The van der Waals surface area contributed by atoms with Gasteiger partial charge in [0.1, 0.15) is 0 Å². The van der Waals surface area contributed by atoms with Crippen LogP contribution in [0.4, 0.5) is 4.79 Å². The molecule has 0 saturated carbocycles. The molecule has 1 rings (SSSR count). The molecule has 1 aromatic rings. The first-order valence-corrected chi connectivity index (χ1v) is 8.58. The minimum atomic E-state index is -3.67. The van der Waals surface area contributed by atoms with E-state index in [1.807, 2.05) is 0 Å². The highest BCUT2D eigenvalue weighted by atomic mass is 79.9. The van der Waals surface area contributed by atoms with Gasteiger partial charge in [0.2, 0.25) is 10.0 Å². The zero-order valence-corrected chi connectivity index (χ0v) is 14.5. The lowest BCUT2D eigenvalue weighted by Gasteiger charge is -2.33. The summed E-state index contributed by atoms with van der Waals surface area (Å²) in [5, 5.41) is 9.14. The van der Waals surface area contributed by atoms with E-state index in [1.165, 1.54) is 11.0 Å². The maximum absolute atomic E-state index is 12.1. The number of nitrogens with one attached hydrogen (secondary N) is 1. The fourth-order valence-corrected chi connectivity index (χ4v) is 3.77. The molecule has 21 heavy (non-hydrogen) atoms. The zero-order valence-electron chi connectivity index (χ0n) is 12.1. The van der Waals surface area contributed by atoms with E-state index in [-0.39, 0.29) is 18.0 Å². The molecule has 0 fully saturated rings. The molecular weight excluding hydrogens is 360 g/mol. The molecule has 1 aromatic carbocycles. The van der Waals surface area contributed by atoms with Gasteiger partial charge in [0.05, 0.1) is 4.90 Å². The van der Waals surface area contributed by atoms with Crippen LogP contribution in [0, 0.1) is 0 Å². The molecule has 2 N–H and O–H groups in total. The Morgan fingerprint density at radius 3 is 2.38 bits per heavy atom. The van der Waals surface area contributed by atoms with Crippen LogP contribution < -0.4 is 4.72 Å². The summed E-state index contributed by atoms with van der Waals surface area (Å²) in [5.41, 5.74) is -0.593. The smallest absolute Gasteiger partial charge is 0.407 e. The lowest BCUT2D eigenvalue weighted by atomic mass is 10.1. The number of rotatable bonds is 5. The number of halogens is 1. The van der Waals surface area contributed by atoms with Crippen LogP contribution in [0.25, 0.3) is 0 Å². The van der Waals surface area contributed by atoms with Gasteiger partial charge in [-0.25, -0.2) is 17.9 Å². The van der Waals surface area contributed by atoms with Gasteiger partial charge in [0.15, 0.2) is 0 Å². The Morgan fingerprint density at radius 2 is 1.90 bits per heavy atom. The van der Waals surface area contributed by atoms with E-state index >= 15 is 0 Å². The van der Waals surface area contributed by atoms with Gasteiger partial charge in [-0.05, 0) is 48.8 Å². The van der Waals surface area contributed by atoms with Crippen LogP contribution in [0.1, 0.15) is 20.8 Å². The maximum Gasteiger partial charge on any atom is 0.407 e. The Balaban J connectivity index is 2.75. The lowest BCUT2D eigenvalue weighted by molar-refractivity contribution is 0.102. The van der Waals surface area contributed by atoms with Gasteiger partial charge < -0.3 is 10.0 Å². The molecule has 1 amide bonds. The number of carbonyl (C=O) groups is 1. The summed E-state index contributed by atoms with van der Waals surface area (Å²) in [7, 11) is -3.67. The highest BCUT2D eigenvalue weighted by Crippen LogP contribution is 2.20. The summed E-state index contributed by atoms with van der Waals surface area (Å²) >= 11 is 3.18. The van der Waals surface area contributed by atoms with Crippen molar-refractivity contribution in [3.63, 3.8) is 0 Å². The van der Waals surface area contributed by atoms with Gasteiger partial charge in [-0.1, -0.05) is 12.1 Å². The van der Waals surface area contributed by atoms with Crippen molar-refractivity contribution in [3.8, 4) is 0 Å². The second kappa shape index (κ2) is 6.76. The minimum absolute atomic E-state index is 0.00718. The molecule has 118 valence electrons. The first-order valence-electron chi connectivity index (χ1n) is 6.30. The number of hydrogen-bond acceptors (Lipinski definition) is 3. The molecule has 0 aromatic heterocycles. The van der Waals surface area contributed by atoms with Gasteiger partial charge >= 0.3 is 6.09 Å². The van der Waals surface area contributed by atoms with E-state index in [0.29, 0.717) is 4.47 Å². The summed E-state index contributed by atoms with van der Waals surface area (Å²) in [6, 6.07) is 6.45. The number of carboxylic acid groups (broad SMARTS) is 1. The van der Waals surface area contributed by atoms with Gasteiger partial charge in [0, 0.05) is 23.1 Å². The summed E-state index contributed by atoms with van der Waals surface area (Å²) in [6.07, 6.45) is -1.08. The maximum atomic E-state index is 12.1. The van der Waals surface area contributed by atoms with Crippen LogP contribution in [0.2, 0.25) is 0 Å². The predicted octanol–water partition coefficient (Wildman–Crippen LogP) is 2.51. The van der Waals surface area contributed by atoms with Crippen LogP contribution in [0.5, 0.6) is 0 Å². The van der Waals surface area contributed by atoms with Crippen molar-refractivity contribution in [2.75, 3.05) is 13.1 Å². The molecule has 6 nitrogen and oxygen atoms in total. The first-order chi connectivity index (χ1) is 9.55. The Hall–Kier alpha value is -1.12. The zero-order chi connectivity index (χ0) is 16.3. The Kier molecular flexibility index (Phi) is 5.77. The molecule has 0 spiro atoms. The van der Waals surface area contributed by atoms with E-state index in [2.05, 4.69) is 20.7 Å². The standard InChI is InChI=1S/C13H19BrN2O4S/c1-13(2,3)16(12(17)18)9-8-15-21(19,20)11-7-5-4-6-10(11)14/h4-7,15H,8-9H2,1-3H3,(H,17,18). The fraction of sp³-hybridized carbons (Fsp3) is 0.462. The monoisotopic (exact) mass is 378 g/mol. The number of nitrogens with zero attached hydrogens (tertiary/aromatic N) is 1. The fourth-order valence-electron chi connectivity index (χ4n) is 1.75. The quantitative estimate of drug-likeness (QED) is 0.823. The van der Waals surface area contributed by atoms with E-state index in [9.17, 15) is 13.2 Å². The van der Waals surface area contributed by atoms with Gasteiger partial charge in [-0.2, -0.15) is 0 Å². The van der Waals surface area contributed by atoms with Crippen molar-refractivity contribution < 1.29 is 18.3 Å². The van der Waals surface area contributed by atoms with E-state index < -0.39 is 21.7 Å². The normalized spacial score (nSPS) is 12.2. The minimum Gasteiger partial charge on any atom is -0.465 e. The van der Waals surface area contributed by atoms with Crippen molar-refractivity contribution in [1.29, 1.82) is 0 Å². The summed E-state index contributed by atoms with van der Waals surface area (Å²) < 4.78 is 27.2. The molecule has 0 unspecified atom stereocenters. The van der Waals surface area contributed by atoms with Gasteiger partial charge in [-0.3, -0.25) is 0 Å². The average molecular weight is 379 g/mol. The number of amides is 1. The largest absolute Gasteiger partial charge is 0.465 e. The predicted molar refractivity (Wildman–Crippen MR) is 83.8 cm³/mol. The summed E-state index contributed by atoms with van der Waals surface area (Å²) in [4.78, 5) is 12.5. The number of hydrogen-bond donors (Lipinski definition) is 2. The van der Waals surface area contributed by atoms with Crippen molar-refractivity contribution >= 4 is 32.0 Å². The number of benzene rings is 1. The van der Waals surface area contributed by atoms with Crippen LogP contribution in [0.3, 0.4) is 0 Å². The van der Waals surface area contributed by atoms with E-state index in [0.717, 1.165) is 0 Å². The van der Waals surface area contributed by atoms with Crippen LogP contribution >= 0.6 is 15.9 Å². The van der Waals surface area contributed by atoms with Crippen molar-refractivity contribution in [2.45, 2.75) is 31.2 Å². The van der Waals surface area contributed by atoms with Crippen LogP contribution in [-0.4, -0.2) is 43.1 Å². The van der Waals surface area contributed by atoms with Gasteiger partial charge in [0.25, 0.3) is 0 Å². The van der Waals surface area contributed by atoms with Crippen LogP contribution in [-0.2, 0) is 10.0 Å². The van der Waals surface area contributed by atoms with Gasteiger partial charge in [-0.15, -0.1) is 0 Å². The third-order valence-corrected chi connectivity index (χ3v) is 5.27. The van der Waals surface area contributed by atoms with Crippen molar-refractivity contribution in [3.05, 3.63) is 28.7 Å². The molecule has 0 radical (unpaired) electrons. The highest BCUT2D eigenvalue weighted by Gasteiger charge is 2.26. The first kappa shape index (κ1) is 17.9. The third-order valence-electron chi connectivity index (χ3n) is 2.79. The van der Waals surface area contributed by atoms with Crippen molar-refractivity contribution in [2.24, 2.45) is 0 Å². The van der Waals surface area contributed by atoms with Crippen molar-refractivity contribution in [1.82, 2.24) is 9.62 Å². The highest BCUT2D eigenvalue weighted by molar-refractivity contribution is 9.10. The topological polar surface area (TPSA) is 86.7 Å². The lowest BCUT2D eigenvalue weighted by Crippen LogP contribution is -2.48. The van der Waals surface area contributed by atoms with Crippen LogP contribution in [0.15, 0.2) is 33.6 Å². The average Bonchev–Trinajstić information content (AvgIpc) is 2.32. The summed E-state index contributed by atoms with van der Waals surface area (Å²) in [5.74, 6) is 0. The second-order valence-electron chi connectivity index (χ2n) is 5.43. The molecule has 0 saturated heterocycles. The second-order valence-corrected chi connectivity index (χ2v) is 8.02. The molecule has 0 atom stereocenters. The summed E-state index contributed by atoms with van der Waals surface area (Å²) in [6.45, 7) is 5.34. The third kappa shape index (κ3) is 4.98. The number of sulfonamides is 1. The Morgan fingerprint density at radius 1 is 1.33 bits per heavy atom. The molecule has 0 aliphatic heterocycles. The molecule has 0 aliphatic rings.